The van der Waals surface area contributed by atoms with Gasteiger partial charge in [-0.1, -0.05) is 36.4 Å². The summed E-state index contributed by atoms with van der Waals surface area (Å²) in [6.07, 6.45) is 0. The average Bonchev–Trinajstić information content (AvgIpc) is 3.05. The van der Waals surface area contributed by atoms with Gasteiger partial charge >= 0.3 is 0 Å². The van der Waals surface area contributed by atoms with Crippen LogP contribution in [0.5, 0.6) is 0 Å². The second kappa shape index (κ2) is 7.56. The molecule has 0 aliphatic rings. The molecule has 0 unspecified atom stereocenters. The first kappa shape index (κ1) is 15.2. The summed E-state index contributed by atoms with van der Waals surface area (Å²) in [6, 6.07) is 12.2. The van der Waals surface area contributed by atoms with Crippen LogP contribution in [-0.2, 0) is 4.79 Å². The number of thiophene rings is 1. The van der Waals surface area contributed by atoms with Crippen LogP contribution in [0.25, 0.3) is 0 Å². The molecule has 0 radical (unpaired) electrons. The highest BCUT2D eigenvalue weighted by Gasteiger charge is 2.14. The molecule has 0 fully saturated rings. The largest absolute Gasteiger partial charge is 0.394 e. The number of carbonyl (C=O) groups is 2. The lowest BCUT2D eigenvalue weighted by Crippen LogP contribution is -2.39. The minimum Gasteiger partial charge on any atom is -0.394 e. The molecule has 21 heavy (non-hydrogen) atoms. The predicted octanol–water partition coefficient (Wildman–Crippen LogP) is 1.33. The Bertz CT molecular complexity index is 584. The van der Waals surface area contributed by atoms with E-state index in [1.54, 1.807) is 17.5 Å². The maximum Gasteiger partial charge on any atom is 0.261 e. The molecule has 0 saturated heterocycles. The van der Waals surface area contributed by atoms with Gasteiger partial charge in [-0.25, -0.2) is 0 Å². The first-order valence-electron chi connectivity index (χ1n) is 6.47. The molecule has 1 atom stereocenters. The van der Waals surface area contributed by atoms with Gasteiger partial charge in [-0.05, 0) is 17.0 Å². The van der Waals surface area contributed by atoms with Crippen molar-refractivity contribution in [1.82, 2.24) is 10.6 Å². The number of hydrogen-bond donors (Lipinski definition) is 3. The summed E-state index contributed by atoms with van der Waals surface area (Å²) in [6.45, 7) is -0.325. The average molecular weight is 304 g/mol. The summed E-state index contributed by atoms with van der Waals surface area (Å²) in [5.41, 5.74) is 0.818. The van der Waals surface area contributed by atoms with Gasteiger partial charge in [0.1, 0.15) is 0 Å². The Morgan fingerprint density at radius 2 is 1.90 bits per heavy atom. The molecule has 2 rings (SSSR count). The lowest BCUT2D eigenvalue weighted by atomic mass is 10.1. The van der Waals surface area contributed by atoms with E-state index in [1.165, 1.54) is 11.3 Å². The molecule has 2 aromatic rings. The fraction of sp³-hybridized carbons (Fsp3) is 0.200. The summed E-state index contributed by atoms with van der Waals surface area (Å²) in [4.78, 5) is 24.1. The number of carbonyl (C=O) groups excluding carboxylic acids is 2. The molecule has 0 aliphatic carbocycles. The fourth-order valence-corrected chi connectivity index (χ4v) is 2.46. The molecular formula is C15H16N2O3S. The Hall–Kier alpha value is -2.18. The maximum atomic E-state index is 11.8. The van der Waals surface area contributed by atoms with E-state index in [1.807, 2.05) is 30.3 Å². The van der Waals surface area contributed by atoms with Crippen molar-refractivity contribution in [2.75, 3.05) is 13.2 Å². The quantitative estimate of drug-likeness (QED) is 0.753. The molecule has 2 amide bonds. The van der Waals surface area contributed by atoms with Gasteiger partial charge in [-0.15, -0.1) is 11.3 Å². The number of aliphatic hydroxyl groups is 1. The highest BCUT2D eigenvalue weighted by Crippen LogP contribution is 2.11. The van der Waals surface area contributed by atoms with Crippen LogP contribution in [0.15, 0.2) is 47.8 Å². The highest BCUT2D eigenvalue weighted by molar-refractivity contribution is 7.12. The van der Waals surface area contributed by atoms with Crippen molar-refractivity contribution in [3.05, 3.63) is 58.3 Å². The van der Waals surface area contributed by atoms with E-state index in [0.29, 0.717) is 4.88 Å². The minimum atomic E-state index is -0.475. The van der Waals surface area contributed by atoms with Crippen molar-refractivity contribution in [2.45, 2.75) is 6.04 Å². The van der Waals surface area contributed by atoms with Crippen LogP contribution in [0.4, 0.5) is 0 Å². The molecule has 3 N–H and O–H groups in total. The standard InChI is InChI=1S/C15H16N2O3S/c18-10-12(11-5-2-1-3-6-11)17-14(19)9-16-15(20)13-7-4-8-21-13/h1-8,12,18H,9-10H2,(H,16,20)(H,17,19)/t12-/m0/s1. The topological polar surface area (TPSA) is 78.4 Å². The van der Waals surface area contributed by atoms with Crippen molar-refractivity contribution < 1.29 is 14.7 Å². The summed E-state index contributed by atoms with van der Waals surface area (Å²) < 4.78 is 0. The van der Waals surface area contributed by atoms with Gasteiger partial charge in [0.15, 0.2) is 0 Å². The SMILES string of the molecule is O=C(CNC(=O)c1cccs1)N[C@@H](CO)c1ccccc1. The Labute approximate surface area is 126 Å². The van der Waals surface area contributed by atoms with Crippen LogP contribution < -0.4 is 10.6 Å². The van der Waals surface area contributed by atoms with Crippen molar-refractivity contribution in [2.24, 2.45) is 0 Å². The third-order valence-corrected chi connectivity index (χ3v) is 3.74. The van der Waals surface area contributed by atoms with E-state index in [9.17, 15) is 14.7 Å². The normalized spacial score (nSPS) is 11.7. The number of nitrogens with one attached hydrogen (secondary N) is 2. The van der Waals surface area contributed by atoms with E-state index >= 15 is 0 Å². The Morgan fingerprint density at radius 1 is 1.14 bits per heavy atom. The van der Waals surface area contributed by atoms with Crippen LogP contribution in [-0.4, -0.2) is 30.1 Å². The van der Waals surface area contributed by atoms with E-state index in [4.69, 9.17) is 0 Å². The van der Waals surface area contributed by atoms with Gasteiger partial charge in [0.05, 0.1) is 24.1 Å². The third-order valence-electron chi connectivity index (χ3n) is 2.87. The zero-order valence-electron chi connectivity index (χ0n) is 11.3. The molecule has 0 bridgehead atoms. The molecule has 6 heteroatoms. The highest BCUT2D eigenvalue weighted by atomic mass is 32.1. The Kier molecular flexibility index (Phi) is 5.48. The number of benzene rings is 1. The van der Waals surface area contributed by atoms with E-state index in [-0.39, 0.29) is 25.0 Å². The number of aliphatic hydroxyl groups excluding tert-OH is 1. The first-order valence-corrected chi connectivity index (χ1v) is 7.35. The first-order chi connectivity index (χ1) is 10.2. The van der Waals surface area contributed by atoms with Crippen LogP contribution in [0.2, 0.25) is 0 Å². The van der Waals surface area contributed by atoms with Crippen molar-refractivity contribution >= 4 is 23.2 Å². The zero-order chi connectivity index (χ0) is 15.1. The lowest BCUT2D eigenvalue weighted by molar-refractivity contribution is -0.121. The summed E-state index contributed by atoms with van der Waals surface area (Å²) in [5, 5.41) is 16.4. The van der Waals surface area contributed by atoms with Crippen LogP contribution in [0.1, 0.15) is 21.3 Å². The van der Waals surface area contributed by atoms with Gasteiger partial charge in [0.2, 0.25) is 5.91 Å². The molecule has 1 aromatic carbocycles. The van der Waals surface area contributed by atoms with Crippen LogP contribution >= 0.6 is 11.3 Å². The molecule has 0 saturated carbocycles. The van der Waals surface area contributed by atoms with E-state index < -0.39 is 6.04 Å². The van der Waals surface area contributed by atoms with Gasteiger partial charge < -0.3 is 15.7 Å². The molecule has 0 spiro atoms. The fourth-order valence-electron chi connectivity index (χ4n) is 1.82. The summed E-state index contributed by atoms with van der Waals surface area (Å²) >= 11 is 1.31. The van der Waals surface area contributed by atoms with E-state index in [2.05, 4.69) is 10.6 Å². The Balaban J connectivity index is 1.85. The third kappa shape index (κ3) is 4.40. The summed E-state index contributed by atoms with van der Waals surface area (Å²) in [7, 11) is 0. The van der Waals surface area contributed by atoms with Gasteiger partial charge in [0.25, 0.3) is 5.91 Å². The summed E-state index contributed by atoms with van der Waals surface area (Å²) in [5.74, 6) is -0.622. The smallest absolute Gasteiger partial charge is 0.261 e. The molecular weight excluding hydrogens is 288 g/mol. The number of amides is 2. The van der Waals surface area contributed by atoms with Gasteiger partial charge in [-0.2, -0.15) is 0 Å². The minimum absolute atomic E-state index is 0.125. The predicted molar refractivity (Wildman–Crippen MR) is 81.1 cm³/mol. The van der Waals surface area contributed by atoms with Crippen LogP contribution in [0.3, 0.4) is 0 Å². The molecule has 0 aliphatic heterocycles. The number of hydrogen-bond acceptors (Lipinski definition) is 4. The second-order valence-corrected chi connectivity index (χ2v) is 5.32. The molecule has 110 valence electrons. The maximum absolute atomic E-state index is 11.8. The van der Waals surface area contributed by atoms with E-state index in [0.717, 1.165) is 5.56 Å². The van der Waals surface area contributed by atoms with Crippen molar-refractivity contribution in [3.63, 3.8) is 0 Å². The van der Waals surface area contributed by atoms with Gasteiger partial charge in [-0.3, -0.25) is 9.59 Å². The van der Waals surface area contributed by atoms with Gasteiger partial charge in [0, 0.05) is 0 Å². The second-order valence-electron chi connectivity index (χ2n) is 4.37. The van der Waals surface area contributed by atoms with Crippen molar-refractivity contribution in [3.8, 4) is 0 Å². The van der Waals surface area contributed by atoms with Crippen LogP contribution in [0, 0.1) is 0 Å². The molecule has 1 aromatic heterocycles. The lowest BCUT2D eigenvalue weighted by Gasteiger charge is -2.16. The number of rotatable bonds is 6. The molecule has 5 nitrogen and oxygen atoms in total. The molecule has 1 heterocycles. The van der Waals surface area contributed by atoms with Crippen molar-refractivity contribution in [1.29, 1.82) is 0 Å². The Morgan fingerprint density at radius 3 is 2.52 bits per heavy atom. The monoisotopic (exact) mass is 304 g/mol. The zero-order valence-corrected chi connectivity index (χ0v) is 12.1.